The Morgan fingerprint density at radius 2 is 1.81 bits per heavy atom. The summed E-state index contributed by atoms with van der Waals surface area (Å²) in [6, 6.07) is 0. The van der Waals surface area contributed by atoms with Crippen molar-refractivity contribution in [1.29, 1.82) is 0 Å². The molecular weight excluding hydrogens is 244 g/mol. The summed E-state index contributed by atoms with van der Waals surface area (Å²) in [5.41, 5.74) is 5.39. The average Bonchev–Trinajstić information content (AvgIpc) is 2.11. The predicted molar refractivity (Wildman–Crippen MR) is 71.8 cm³/mol. The monoisotopic (exact) mass is 266 g/mol. The van der Waals surface area contributed by atoms with Gasteiger partial charge in [-0.3, -0.25) is 0 Å². The summed E-state index contributed by atoms with van der Waals surface area (Å²) in [5.74, 6) is 0.237. The molecule has 0 aliphatic rings. The largest absolute Gasteiger partial charge is 0.392 e. The molecule has 16 heavy (non-hydrogen) atoms. The van der Waals surface area contributed by atoms with Gasteiger partial charge in [0, 0.05) is 6.54 Å². The SMILES string of the molecule is CC(CNS(=O)(=O)C(C)C(N)=S)C(C)(C)C. The van der Waals surface area contributed by atoms with Crippen LogP contribution in [0.15, 0.2) is 0 Å². The molecule has 6 heteroatoms. The van der Waals surface area contributed by atoms with E-state index >= 15 is 0 Å². The highest BCUT2D eigenvalue weighted by molar-refractivity contribution is 7.93. The zero-order valence-corrected chi connectivity index (χ0v) is 12.2. The first kappa shape index (κ1) is 15.8. The number of sulfonamides is 1. The van der Waals surface area contributed by atoms with Crippen LogP contribution in [0.1, 0.15) is 34.6 Å². The number of nitrogens with one attached hydrogen (secondary N) is 1. The second kappa shape index (κ2) is 5.42. The Bertz CT molecular complexity index is 344. The number of hydrogen-bond acceptors (Lipinski definition) is 3. The second-order valence-corrected chi connectivity index (χ2v) is 7.76. The molecule has 0 aromatic heterocycles. The number of rotatable bonds is 5. The van der Waals surface area contributed by atoms with E-state index in [1.54, 1.807) is 0 Å². The van der Waals surface area contributed by atoms with Crippen molar-refractivity contribution in [3.05, 3.63) is 0 Å². The maximum Gasteiger partial charge on any atom is 0.220 e. The van der Waals surface area contributed by atoms with Gasteiger partial charge in [-0.05, 0) is 18.3 Å². The van der Waals surface area contributed by atoms with Gasteiger partial charge in [0.15, 0.2) is 0 Å². The molecule has 0 heterocycles. The van der Waals surface area contributed by atoms with E-state index in [1.807, 2.05) is 6.92 Å². The standard InChI is InChI=1S/C10H22N2O2S2/c1-7(10(3,4)5)6-12-16(13,14)8(2)9(11)15/h7-8,12H,6H2,1-5H3,(H2,11,15). The molecule has 0 amide bonds. The Balaban J connectivity index is 4.48. The molecule has 0 rings (SSSR count). The van der Waals surface area contributed by atoms with Gasteiger partial charge in [-0.15, -0.1) is 0 Å². The van der Waals surface area contributed by atoms with E-state index in [2.05, 4.69) is 37.7 Å². The minimum Gasteiger partial charge on any atom is -0.392 e. The molecule has 0 spiro atoms. The van der Waals surface area contributed by atoms with Gasteiger partial charge in [0.1, 0.15) is 5.25 Å². The smallest absolute Gasteiger partial charge is 0.220 e. The molecule has 0 radical (unpaired) electrons. The maximum atomic E-state index is 11.7. The van der Waals surface area contributed by atoms with Gasteiger partial charge in [-0.25, -0.2) is 13.1 Å². The van der Waals surface area contributed by atoms with Crippen LogP contribution >= 0.6 is 12.2 Å². The van der Waals surface area contributed by atoms with Crippen LogP contribution in [-0.4, -0.2) is 25.2 Å². The van der Waals surface area contributed by atoms with Crippen molar-refractivity contribution in [2.75, 3.05) is 6.54 Å². The van der Waals surface area contributed by atoms with Gasteiger partial charge in [-0.2, -0.15) is 0 Å². The number of hydrogen-bond donors (Lipinski definition) is 2. The van der Waals surface area contributed by atoms with Crippen LogP contribution < -0.4 is 10.5 Å². The van der Waals surface area contributed by atoms with E-state index in [-0.39, 0.29) is 16.3 Å². The zero-order valence-electron chi connectivity index (χ0n) is 10.6. The van der Waals surface area contributed by atoms with Gasteiger partial charge in [-0.1, -0.05) is 39.9 Å². The van der Waals surface area contributed by atoms with Gasteiger partial charge in [0.25, 0.3) is 0 Å². The summed E-state index contributed by atoms with van der Waals surface area (Å²) >= 11 is 4.68. The van der Waals surface area contributed by atoms with E-state index in [1.165, 1.54) is 6.92 Å². The van der Waals surface area contributed by atoms with E-state index in [0.29, 0.717) is 6.54 Å². The molecule has 2 unspecified atom stereocenters. The lowest BCUT2D eigenvalue weighted by molar-refractivity contribution is 0.263. The van der Waals surface area contributed by atoms with Crippen LogP contribution in [0.2, 0.25) is 0 Å². The van der Waals surface area contributed by atoms with Crippen molar-refractivity contribution in [1.82, 2.24) is 4.72 Å². The molecule has 0 bridgehead atoms. The molecule has 0 saturated carbocycles. The third-order valence-electron chi connectivity index (χ3n) is 2.94. The molecule has 0 aromatic carbocycles. The zero-order chi connectivity index (χ0) is 13.1. The fourth-order valence-electron chi connectivity index (χ4n) is 0.825. The van der Waals surface area contributed by atoms with Gasteiger partial charge >= 0.3 is 0 Å². The fraction of sp³-hybridized carbons (Fsp3) is 0.900. The maximum absolute atomic E-state index is 11.7. The highest BCUT2D eigenvalue weighted by Gasteiger charge is 2.26. The van der Waals surface area contributed by atoms with Crippen molar-refractivity contribution in [2.45, 2.75) is 39.9 Å². The predicted octanol–water partition coefficient (Wildman–Crippen LogP) is 1.26. The van der Waals surface area contributed by atoms with Crippen molar-refractivity contribution < 1.29 is 8.42 Å². The minimum atomic E-state index is -3.43. The molecule has 0 aromatic rings. The summed E-state index contributed by atoms with van der Waals surface area (Å²) in [4.78, 5) is -0.00379. The van der Waals surface area contributed by atoms with Crippen molar-refractivity contribution >= 4 is 27.2 Å². The molecule has 2 atom stereocenters. The first-order valence-corrected chi connectivity index (χ1v) is 7.21. The highest BCUT2D eigenvalue weighted by atomic mass is 32.2. The Morgan fingerprint density at radius 1 is 1.38 bits per heavy atom. The molecular formula is C10H22N2O2S2. The second-order valence-electron chi connectivity index (χ2n) is 5.21. The molecule has 0 aliphatic carbocycles. The van der Waals surface area contributed by atoms with Crippen molar-refractivity contribution in [2.24, 2.45) is 17.1 Å². The number of thiocarbonyl (C=S) groups is 1. The van der Waals surface area contributed by atoms with E-state index in [4.69, 9.17) is 5.73 Å². The van der Waals surface area contributed by atoms with Crippen molar-refractivity contribution in [3.8, 4) is 0 Å². The Morgan fingerprint density at radius 3 is 2.12 bits per heavy atom. The molecule has 4 nitrogen and oxygen atoms in total. The van der Waals surface area contributed by atoms with Crippen LogP contribution in [-0.2, 0) is 10.0 Å². The Hall–Kier alpha value is -0.200. The van der Waals surface area contributed by atoms with Crippen LogP contribution in [0.25, 0.3) is 0 Å². The number of nitrogens with two attached hydrogens (primary N) is 1. The summed E-state index contributed by atoms with van der Waals surface area (Å²) in [6.45, 7) is 10.1. The summed E-state index contributed by atoms with van der Waals surface area (Å²) < 4.78 is 26.0. The van der Waals surface area contributed by atoms with Gasteiger partial charge < -0.3 is 5.73 Å². The highest BCUT2D eigenvalue weighted by Crippen LogP contribution is 2.24. The molecule has 0 aliphatic heterocycles. The lowest BCUT2D eigenvalue weighted by atomic mass is 9.82. The van der Waals surface area contributed by atoms with Gasteiger partial charge in [0.2, 0.25) is 10.0 Å². The molecule has 0 saturated heterocycles. The Kier molecular flexibility index (Phi) is 5.35. The normalized spacial score (nSPS) is 16.8. The third kappa shape index (κ3) is 4.76. The molecule has 3 N–H and O–H groups in total. The topological polar surface area (TPSA) is 72.2 Å². The van der Waals surface area contributed by atoms with E-state index in [0.717, 1.165) is 0 Å². The lowest BCUT2D eigenvalue weighted by Crippen LogP contribution is -2.42. The van der Waals surface area contributed by atoms with E-state index in [9.17, 15) is 8.42 Å². The van der Waals surface area contributed by atoms with Crippen LogP contribution in [0.5, 0.6) is 0 Å². The molecule has 96 valence electrons. The average molecular weight is 266 g/mol. The van der Waals surface area contributed by atoms with Crippen LogP contribution in [0, 0.1) is 11.3 Å². The Labute approximate surface area is 104 Å². The summed E-state index contributed by atoms with van der Waals surface area (Å²) in [6.07, 6.45) is 0. The quantitative estimate of drug-likeness (QED) is 0.735. The first-order valence-electron chi connectivity index (χ1n) is 5.26. The lowest BCUT2D eigenvalue weighted by Gasteiger charge is -2.27. The van der Waals surface area contributed by atoms with Crippen molar-refractivity contribution in [3.63, 3.8) is 0 Å². The summed E-state index contributed by atoms with van der Waals surface area (Å²) in [7, 11) is -3.43. The summed E-state index contributed by atoms with van der Waals surface area (Å²) in [5, 5.41) is -0.824. The van der Waals surface area contributed by atoms with Crippen LogP contribution in [0.3, 0.4) is 0 Å². The minimum absolute atomic E-state index is 0.00379. The van der Waals surface area contributed by atoms with Gasteiger partial charge in [0.05, 0.1) is 4.99 Å². The third-order valence-corrected chi connectivity index (χ3v) is 5.19. The van der Waals surface area contributed by atoms with Crippen LogP contribution in [0.4, 0.5) is 0 Å². The van der Waals surface area contributed by atoms with E-state index < -0.39 is 15.3 Å². The first-order chi connectivity index (χ1) is 6.98. The fourth-order valence-corrected chi connectivity index (χ4v) is 2.24. The molecule has 0 fully saturated rings.